The highest BCUT2D eigenvalue weighted by atomic mass is 15.2. The lowest BCUT2D eigenvalue weighted by molar-refractivity contribution is 0.274. The minimum absolute atomic E-state index is 0.610. The summed E-state index contributed by atoms with van der Waals surface area (Å²) in [7, 11) is 0. The van der Waals surface area contributed by atoms with Crippen LogP contribution in [0.1, 0.15) is 31.4 Å². The zero-order valence-corrected chi connectivity index (χ0v) is 6.67. The number of H-pyrrole nitrogens is 1. The Bertz CT molecular complexity index is 254. The van der Waals surface area contributed by atoms with Crippen LogP contribution in [0.25, 0.3) is 0 Å². The van der Waals surface area contributed by atoms with E-state index in [9.17, 15) is 0 Å². The van der Waals surface area contributed by atoms with Crippen molar-refractivity contribution in [3.05, 3.63) is 11.8 Å². The molecule has 60 valence electrons. The van der Waals surface area contributed by atoms with Crippen molar-refractivity contribution in [1.82, 2.24) is 10.2 Å². The molecule has 2 rings (SSSR count). The number of nitrogens with two attached hydrogens (primary N) is 1. The van der Waals surface area contributed by atoms with Crippen LogP contribution in [0.4, 0.5) is 5.82 Å². The molecule has 1 aliphatic carbocycles. The van der Waals surface area contributed by atoms with Crippen molar-refractivity contribution in [1.29, 1.82) is 0 Å². The fraction of sp³-hybridized carbons (Fsp3) is 0.625. The molecule has 3 heteroatoms. The molecule has 1 fully saturated rings. The van der Waals surface area contributed by atoms with Crippen LogP contribution in [0.5, 0.6) is 0 Å². The topological polar surface area (TPSA) is 54.7 Å². The van der Waals surface area contributed by atoms with Gasteiger partial charge in [-0.3, -0.25) is 5.10 Å². The highest BCUT2D eigenvalue weighted by Crippen LogP contribution is 2.41. The number of hydrogen-bond donors (Lipinski definition) is 2. The number of hydrogen-bond acceptors (Lipinski definition) is 2. The molecule has 1 aliphatic rings. The molecular formula is C8H13N3. The largest absolute Gasteiger partial charge is 0.382 e. The van der Waals surface area contributed by atoms with Gasteiger partial charge in [0, 0.05) is 17.7 Å². The first-order valence-corrected chi connectivity index (χ1v) is 4.08. The third kappa shape index (κ3) is 1.00. The van der Waals surface area contributed by atoms with E-state index in [1.807, 2.05) is 6.07 Å². The van der Waals surface area contributed by atoms with Gasteiger partial charge in [0.25, 0.3) is 0 Å². The Morgan fingerprint density at radius 2 is 2.45 bits per heavy atom. The predicted octanol–water partition coefficient (Wildman–Crippen LogP) is 1.51. The molecular weight excluding hydrogens is 138 g/mol. The molecule has 0 spiro atoms. The summed E-state index contributed by atoms with van der Waals surface area (Å²) in [4.78, 5) is 0. The van der Waals surface area contributed by atoms with Crippen molar-refractivity contribution in [3.63, 3.8) is 0 Å². The SMILES string of the molecule is C[C@@H]1CC[C@H]1c1cc(N)n[nH]1. The Balaban J connectivity index is 2.16. The second-order valence-corrected chi connectivity index (χ2v) is 3.41. The molecule has 11 heavy (non-hydrogen) atoms. The molecule has 0 amide bonds. The zero-order chi connectivity index (χ0) is 7.84. The first-order chi connectivity index (χ1) is 5.27. The Morgan fingerprint density at radius 3 is 2.82 bits per heavy atom. The normalized spacial score (nSPS) is 29.9. The lowest BCUT2D eigenvalue weighted by Gasteiger charge is -2.32. The summed E-state index contributed by atoms with van der Waals surface area (Å²) >= 11 is 0. The van der Waals surface area contributed by atoms with Crippen LogP contribution < -0.4 is 5.73 Å². The van der Waals surface area contributed by atoms with Gasteiger partial charge in [0.1, 0.15) is 5.82 Å². The van der Waals surface area contributed by atoms with Crippen molar-refractivity contribution in [2.24, 2.45) is 5.92 Å². The summed E-state index contributed by atoms with van der Waals surface area (Å²) < 4.78 is 0. The highest BCUT2D eigenvalue weighted by Gasteiger charge is 2.29. The number of rotatable bonds is 1. The van der Waals surface area contributed by atoms with E-state index in [1.54, 1.807) is 0 Å². The molecule has 0 bridgehead atoms. The second kappa shape index (κ2) is 2.26. The quantitative estimate of drug-likeness (QED) is 0.639. The molecule has 3 N–H and O–H groups in total. The Hall–Kier alpha value is -0.990. The molecule has 0 unspecified atom stereocenters. The molecule has 1 saturated carbocycles. The van der Waals surface area contributed by atoms with Gasteiger partial charge in [0.05, 0.1) is 0 Å². The number of nitrogens with zero attached hydrogens (tertiary/aromatic N) is 1. The van der Waals surface area contributed by atoms with Crippen molar-refractivity contribution in [2.45, 2.75) is 25.7 Å². The maximum absolute atomic E-state index is 5.50. The summed E-state index contributed by atoms with van der Waals surface area (Å²) in [6.07, 6.45) is 2.62. The van der Waals surface area contributed by atoms with Gasteiger partial charge in [0.2, 0.25) is 0 Å². The van der Waals surface area contributed by atoms with E-state index in [4.69, 9.17) is 5.73 Å². The number of aromatic nitrogens is 2. The van der Waals surface area contributed by atoms with E-state index in [0.717, 1.165) is 5.92 Å². The van der Waals surface area contributed by atoms with E-state index in [-0.39, 0.29) is 0 Å². The lowest BCUT2D eigenvalue weighted by atomic mass is 9.73. The van der Waals surface area contributed by atoms with E-state index in [1.165, 1.54) is 18.5 Å². The molecule has 1 aromatic rings. The summed E-state index contributed by atoms with van der Waals surface area (Å²) in [6.45, 7) is 2.27. The number of nitrogens with one attached hydrogen (secondary N) is 1. The molecule has 0 aromatic carbocycles. The Morgan fingerprint density at radius 1 is 1.64 bits per heavy atom. The highest BCUT2D eigenvalue weighted by molar-refractivity contribution is 5.31. The smallest absolute Gasteiger partial charge is 0.145 e. The first kappa shape index (κ1) is 6.70. The van der Waals surface area contributed by atoms with Gasteiger partial charge < -0.3 is 5.73 Å². The first-order valence-electron chi connectivity index (χ1n) is 4.08. The van der Waals surface area contributed by atoms with Crippen molar-refractivity contribution in [2.75, 3.05) is 5.73 Å². The lowest BCUT2D eigenvalue weighted by Crippen LogP contribution is -2.20. The van der Waals surface area contributed by atoms with Gasteiger partial charge in [-0.2, -0.15) is 5.10 Å². The van der Waals surface area contributed by atoms with Gasteiger partial charge in [-0.05, 0) is 18.8 Å². The minimum Gasteiger partial charge on any atom is -0.382 e. The van der Waals surface area contributed by atoms with Crippen LogP contribution in [-0.4, -0.2) is 10.2 Å². The third-order valence-corrected chi connectivity index (χ3v) is 2.64. The van der Waals surface area contributed by atoms with E-state index in [0.29, 0.717) is 11.7 Å². The molecule has 1 aromatic heterocycles. The number of aromatic amines is 1. The second-order valence-electron chi connectivity index (χ2n) is 3.41. The van der Waals surface area contributed by atoms with Crippen molar-refractivity contribution in [3.8, 4) is 0 Å². The molecule has 0 saturated heterocycles. The third-order valence-electron chi connectivity index (χ3n) is 2.64. The maximum atomic E-state index is 5.50. The zero-order valence-electron chi connectivity index (χ0n) is 6.67. The Labute approximate surface area is 66.0 Å². The Kier molecular flexibility index (Phi) is 1.37. The van der Waals surface area contributed by atoms with Crippen LogP contribution in [-0.2, 0) is 0 Å². The summed E-state index contributed by atoms with van der Waals surface area (Å²) in [5.41, 5.74) is 6.71. The average Bonchev–Trinajstić information content (AvgIpc) is 2.33. The monoisotopic (exact) mass is 151 g/mol. The van der Waals surface area contributed by atoms with Crippen LogP contribution >= 0.6 is 0 Å². The molecule has 1 heterocycles. The fourth-order valence-corrected chi connectivity index (χ4v) is 1.67. The molecule has 3 nitrogen and oxygen atoms in total. The average molecular weight is 151 g/mol. The number of anilines is 1. The van der Waals surface area contributed by atoms with Gasteiger partial charge in [-0.15, -0.1) is 0 Å². The van der Waals surface area contributed by atoms with E-state index >= 15 is 0 Å². The van der Waals surface area contributed by atoms with Crippen molar-refractivity contribution >= 4 is 5.82 Å². The van der Waals surface area contributed by atoms with Crippen LogP contribution in [0.2, 0.25) is 0 Å². The molecule has 0 aliphatic heterocycles. The van der Waals surface area contributed by atoms with Gasteiger partial charge in [-0.1, -0.05) is 6.92 Å². The summed E-state index contributed by atoms with van der Waals surface area (Å²) in [6, 6.07) is 1.94. The molecule has 0 radical (unpaired) electrons. The van der Waals surface area contributed by atoms with Crippen molar-refractivity contribution < 1.29 is 0 Å². The summed E-state index contributed by atoms with van der Waals surface area (Å²) in [5, 5.41) is 6.87. The van der Waals surface area contributed by atoms with Crippen LogP contribution in [0, 0.1) is 5.92 Å². The number of nitrogen functional groups attached to an aromatic ring is 1. The fourth-order valence-electron chi connectivity index (χ4n) is 1.67. The standard InChI is InChI=1S/C8H13N3/c1-5-2-3-6(5)7-4-8(9)11-10-7/h4-6H,2-3H2,1H3,(H3,9,10,11)/t5-,6-/m1/s1. The van der Waals surface area contributed by atoms with Crippen LogP contribution in [0.15, 0.2) is 6.07 Å². The van der Waals surface area contributed by atoms with E-state index in [2.05, 4.69) is 17.1 Å². The van der Waals surface area contributed by atoms with E-state index < -0.39 is 0 Å². The summed E-state index contributed by atoms with van der Waals surface area (Å²) in [5.74, 6) is 2.09. The van der Waals surface area contributed by atoms with Gasteiger partial charge in [-0.25, -0.2) is 0 Å². The van der Waals surface area contributed by atoms with Gasteiger partial charge in [0.15, 0.2) is 0 Å². The molecule has 2 atom stereocenters. The maximum Gasteiger partial charge on any atom is 0.145 e. The van der Waals surface area contributed by atoms with Crippen LogP contribution in [0.3, 0.4) is 0 Å². The minimum atomic E-state index is 0.610. The predicted molar refractivity (Wildman–Crippen MR) is 44.1 cm³/mol. The van der Waals surface area contributed by atoms with Gasteiger partial charge >= 0.3 is 0 Å².